The van der Waals surface area contributed by atoms with Crippen molar-refractivity contribution in [3.63, 3.8) is 0 Å². The summed E-state index contributed by atoms with van der Waals surface area (Å²) in [5.74, 6) is 0. The summed E-state index contributed by atoms with van der Waals surface area (Å²) >= 11 is 0. The van der Waals surface area contributed by atoms with Crippen molar-refractivity contribution in [1.29, 1.82) is 0 Å². The van der Waals surface area contributed by atoms with Gasteiger partial charge in [0.15, 0.2) is 0 Å². The predicted molar refractivity (Wildman–Crippen MR) is 6.73 cm³/mol. The molecule has 5 heavy (non-hydrogen) atoms. The minimum absolute atomic E-state index is 0. The first-order valence-electron chi connectivity index (χ1n) is 0. The van der Waals surface area contributed by atoms with Gasteiger partial charge in [-0.25, -0.2) is 0 Å². The van der Waals surface area contributed by atoms with Gasteiger partial charge in [-0.2, -0.15) is 0 Å². The van der Waals surface area contributed by atoms with Gasteiger partial charge in [0.2, 0.25) is 0 Å². The Kier molecular flexibility index (Phi) is 4520. The molecular weight excluding hydrogens is 137 g/mol. The second-order valence-corrected chi connectivity index (χ2v) is 0. The van der Waals surface area contributed by atoms with Crippen molar-refractivity contribution in [1.82, 2.24) is 0 Å². The fourth-order valence-electron chi connectivity index (χ4n) is 0. The monoisotopic (exact) mass is 140 g/mol. The zero-order chi connectivity index (χ0) is 0. The Morgan fingerprint density at radius 3 is 0.600 bits per heavy atom. The molecule has 4 heteroatoms. The van der Waals surface area contributed by atoms with E-state index in [2.05, 4.69) is 0 Å². The van der Waals surface area contributed by atoms with Gasteiger partial charge < -0.3 is 41.9 Å². The molecule has 40 valence electrons. The van der Waals surface area contributed by atoms with Crippen molar-refractivity contribution < 1.29 is 41.9 Å². The number of halogens is 4. The lowest BCUT2D eigenvalue weighted by Crippen LogP contribution is -3.00. The Bertz CT molecular complexity index is 6.85. The molecule has 0 heterocycles. The van der Waals surface area contributed by atoms with Gasteiger partial charge in [-0.05, 0) is 0 Å². The van der Waals surface area contributed by atoms with Crippen molar-refractivity contribution in [2.75, 3.05) is 0 Å². The Labute approximate surface area is 49.9 Å². The minimum Gasteiger partial charge on any atom is -1.00 e. The maximum absolute atomic E-state index is 0. The van der Waals surface area contributed by atoms with Crippen LogP contribution in [0.1, 0.15) is 7.43 Å². The molecule has 0 saturated carbocycles. The maximum atomic E-state index is 0. The molecule has 0 spiro atoms. The normalized spacial score (nSPS) is 0. The second-order valence-electron chi connectivity index (χ2n) is 0. The molecule has 0 unspecified atom stereocenters. The fourth-order valence-corrected chi connectivity index (χ4v) is 0. The van der Waals surface area contributed by atoms with Gasteiger partial charge in [0.1, 0.15) is 0 Å². The minimum atomic E-state index is 0. The molecule has 0 radical (unpaired) electrons. The average molecular weight is 141 g/mol. The van der Waals surface area contributed by atoms with Crippen LogP contribution in [0.25, 0.3) is 0 Å². The summed E-state index contributed by atoms with van der Waals surface area (Å²) in [7, 11) is 0. The standard InChI is InChI=1S/CH4.3ClH.FH/h1H4;4*1H/p-4. The first-order valence-corrected chi connectivity index (χ1v) is 0. The molecule has 0 aromatic rings. The van der Waals surface area contributed by atoms with E-state index in [1.165, 1.54) is 0 Å². The molecule has 0 atom stereocenters. The third kappa shape index (κ3) is 58.8. The molecule has 0 nitrogen and oxygen atoms in total. The van der Waals surface area contributed by atoms with Gasteiger partial charge in [-0.3, -0.25) is 0 Å². The van der Waals surface area contributed by atoms with Crippen LogP contribution < -0.4 is 41.9 Å². The predicted octanol–water partition coefficient (Wildman–Crippen LogP) is -11.3. The van der Waals surface area contributed by atoms with Crippen LogP contribution in [0.15, 0.2) is 0 Å². The molecule has 0 bridgehead atoms. The van der Waals surface area contributed by atoms with E-state index in [1.807, 2.05) is 0 Å². The number of hydrogen-bond acceptors (Lipinski definition) is 0. The van der Waals surface area contributed by atoms with Crippen LogP contribution >= 0.6 is 0 Å². The van der Waals surface area contributed by atoms with Gasteiger partial charge in [0.25, 0.3) is 0 Å². The molecule has 0 amide bonds. The molecule has 0 aromatic carbocycles. The smallest absolute Gasteiger partial charge is 0.0776 e. The topological polar surface area (TPSA) is 0 Å². The van der Waals surface area contributed by atoms with Crippen molar-refractivity contribution in [3.8, 4) is 0 Å². The van der Waals surface area contributed by atoms with Crippen molar-refractivity contribution in [2.45, 2.75) is 7.43 Å². The van der Waals surface area contributed by atoms with E-state index in [0.29, 0.717) is 0 Å². The highest BCUT2D eigenvalue weighted by Crippen LogP contribution is 0.144. The second kappa shape index (κ2) is 108. The fraction of sp³-hybridized carbons (Fsp3) is 1.00. The lowest BCUT2D eigenvalue weighted by molar-refractivity contribution is -0.00100. The van der Waals surface area contributed by atoms with E-state index in [1.54, 1.807) is 0 Å². The van der Waals surface area contributed by atoms with Crippen LogP contribution in [0.5, 0.6) is 0 Å². The highest BCUT2D eigenvalue weighted by molar-refractivity contribution is 2.50. The third-order valence-electron chi connectivity index (χ3n) is 0. The van der Waals surface area contributed by atoms with Crippen molar-refractivity contribution in [3.05, 3.63) is 0 Å². The van der Waals surface area contributed by atoms with Crippen molar-refractivity contribution in [2.24, 2.45) is 0 Å². The van der Waals surface area contributed by atoms with E-state index in [0.717, 1.165) is 0 Å². The Morgan fingerprint density at radius 2 is 0.600 bits per heavy atom. The molecule has 0 fully saturated rings. The molecule has 0 aliphatic heterocycles. The summed E-state index contributed by atoms with van der Waals surface area (Å²) in [5, 5.41) is 0. The maximum Gasteiger partial charge on any atom is -0.0776 e. The van der Waals surface area contributed by atoms with Crippen LogP contribution in [0.2, 0.25) is 0 Å². The van der Waals surface area contributed by atoms with Gasteiger partial charge in [-0.1, -0.05) is 7.43 Å². The molecule has 0 aliphatic rings. The molecular formula is CH4Cl3F-4. The first kappa shape index (κ1) is 209. The largest absolute Gasteiger partial charge is 1.00 e. The first-order chi connectivity index (χ1) is 0. The summed E-state index contributed by atoms with van der Waals surface area (Å²) in [6, 6.07) is 0. The van der Waals surface area contributed by atoms with E-state index in [4.69, 9.17) is 0 Å². The van der Waals surface area contributed by atoms with Crippen LogP contribution in [0.4, 0.5) is 0 Å². The molecule has 0 aromatic heterocycles. The molecule has 0 rings (SSSR count). The van der Waals surface area contributed by atoms with E-state index in [-0.39, 0.29) is 49.4 Å². The Balaban J connectivity index is 0. The summed E-state index contributed by atoms with van der Waals surface area (Å²) in [4.78, 5) is 0. The van der Waals surface area contributed by atoms with E-state index in [9.17, 15) is 0 Å². The van der Waals surface area contributed by atoms with Gasteiger partial charge in [-0.15, -0.1) is 0 Å². The summed E-state index contributed by atoms with van der Waals surface area (Å²) in [6.45, 7) is 0. The summed E-state index contributed by atoms with van der Waals surface area (Å²) < 4.78 is 0. The van der Waals surface area contributed by atoms with Crippen molar-refractivity contribution >= 4 is 0 Å². The van der Waals surface area contributed by atoms with E-state index < -0.39 is 0 Å². The van der Waals surface area contributed by atoms with Gasteiger partial charge in [0, 0.05) is 0 Å². The SMILES string of the molecule is C.[Cl-].[Cl-].[Cl-].[F-]. The zero-order valence-electron chi connectivity index (χ0n) is 1.51. The van der Waals surface area contributed by atoms with Crippen LogP contribution in [0.3, 0.4) is 0 Å². The average Bonchev–Trinajstić information content (AvgIpc) is 0. The highest BCUT2D eigenvalue weighted by Gasteiger charge is -0.0776. The van der Waals surface area contributed by atoms with Crippen LogP contribution in [-0.4, -0.2) is 0 Å². The quantitative estimate of drug-likeness (QED) is 0.314. The molecule has 0 N–H and O–H groups in total. The molecule has 0 saturated heterocycles. The van der Waals surface area contributed by atoms with Crippen LogP contribution in [-0.2, 0) is 0 Å². The number of hydrogen-bond donors (Lipinski definition) is 0. The zero-order valence-corrected chi connectivity index (χ0v) is 3.78. The Morgan fingerprint density at radius 1 is 0.600 bits per heavy atom. The van der Waals surface area contributed by atoms with Gasteiger partial charge >= 0.3 is 0 Å². The third-order valence-corrected chi connectivity index (χ3v) is 0. The van der Waals surface area contributed by atoms with Crippen LogP contribution in [0, 0.1) is 0 Å². The molecule has 0 aliphatic carbocycles. The highest BCUT2D eigenvalue weighted by atomic mass is 35.5. The number of rotatable bonds is 0. The lowest BCUT2D eigenvalue weighted by atomic mass is 12.0. The Hall–Kier alpha value is 0.800. The summed E-state index contributed by atoms with van der Waals surface area (Å²) in [5.41, 5.74) is 0. The van der Waals surface area contributed by atoms with E-state index >= 15 is 0 Å². The summed E-state index contributed by atoms with van der Waals surface area (Å²) in [6.07, 6.45) is 0. The lowest BCUT2D eigenvalue weighted by Gasteiger charge is -1.00. The van der Waals surface area contributed by atoms with Gasteiger partial charge in [0.05, 0.1) is 0 Å².